The second-order valence-corrected chi connectivity index (χ2v) is 2.47. The van der Waals surface area contributed by atoms with Gasteiger partial charge in [-0.3, -0.25) is 0 Å². The van der Waals surface area contributed by atoms with E-state index in [1.807, 2.05) is 0 Å². The molecular weight excluding hydrogens is 168 g/mol. The van der Waals surface area contributed by atoms with Crippen LogP contribution in [-0.4, -0.2) is 5.21 Å². The quantitative estimate of drug-likeness (QED) is 0.424. The van der Waals surface area contributed by atoms with Gasteiger partial charge in [-0.05, 0) is 12.1 Å². The lowest BCUT2D eigenvalue weighted by molar-refractivity contribution is -0.990. The highest BCUT2D eigenvalue weighted by atomic mass is 35.5. The van der Waals surface area contributed by atoms with Crippen molar-refractivity contribution in [3.05, 3.63) is 28.4 Å². The number of quaternary nitrogens is 1. The maximum atomic E-state index is 10.4. The molecular formula is C6H7ClN2O2. The van der Waals surface area contributed by atoms with E-state index in [1.165, 1.54) is 18.2 Å². The second kappa shape index (κ2) is 3.06. The van der Waals surface area contributed by atoms with Crippen molar-refractivity contribution >= 4 is 23.0 Å². The van der Waals surface area contributed by atoms with Crippen LogP contribution in [0.15, 0.2) is 18.2 Å². The summed E-state index contributed by atoms with van der Waals surface area (Å²) in [7, 11) is 0. The van der Waals surface area contributed by atoms with Gasteiger partial charge in [0.05, 0.1) is 5.69 Å². The number of benzene rings is 1. The molecule has 1 unspecified atom stereocenters. The minimum absolute atomic E-state index is 0.0781. The van der Waals surface area contributed by atoms with Gasteiger partial charge in [0.1, 0.15) is 0 Å². The number of halogens is 1. The Bertz CT molecular complexity index is 265. The molecule has 0 bridgehead atoms. The predicted octanol–water partition coefficient (Wildman–Crippen LogP) is 0.326. The third-order valence-corrected chi connectivity index (χ3v) is 1.48. The molecule has 4 N–H and O–H groups in total. The molecule has 0 amide bonds. The summed E-state index contributed by atoms with van der Waals surface area (Å²) in [4.78, 5) is 0. The first-order valence-electron chi connectivity index (χ1n) is 2.89. The van der Waals surface area contributed by atoms with E-state index in [0.29, 0.717) is 5.02 Å². The van der Waals surface area contributed by atoms with Crippen LogP contribution < -0.4 is 11.0 Å². The Hall–Kier alpha value is -0.810. The molecule has 0 heterocycles. The van der Waals surface area contributed by atoms with Gasteiger partial charge in [-0.2, -0.15) is 5.23 Å². The van der Waals surface area contributed by atoms with E-state index in [0.717, 1.165) is 0 Å². The zero-order valence-electron chi connectivity index (χ0n) is 5.54. The van der Waals surface area contributed by atoms with Crippen molar-refractivity contribution in [2.75, 3.05) is 5.73 Å². The Morgan fingerprint density at radius 3 is 2.64 bits per heavy atom. The summed E-state index contributed by atoms with van der Waals surface area (Å²) < 4.78 is 0. The summed E-state index contributed by atoms with van der Waals surface area (Å²) in [5, 5.41) is 18.3. The lowest BCUT2D eigenvalue weighted by Crippen LogP contribution is -2.99. The largest absolute Gasteiger partial charge is 0.595 e. The van der Waals surface area contributed by atoms with E-state index in [1.54, 1.807) is 0 Å². The van der Waals surface area contributed by atoms with Crippen molar-refractivity contribution in [3.63, 3.8) is 0 Å². The van der Waals surface area contributed by atoms with Crippen LogP contribution in [-0.2, 0) is 0 Å². The normalized spacial score (nSPS) is 13.0. The third-order valence-electron chi connectivity index (χ3n) is 1.24. The van der Waals surface area contributed by atoms with Crippen molar-refractivity contribution in [1.29, 1.82) is 0 Å². The van der Waals surface area contributed by atoms with E-state index >= 15 is 0 Å². The Morgan fingerprint density at radius 1 is 1.55 bits per heavy atom. The molecule has 60 valence electrons. The highest BCUT2D eigenvalue weighted by Crippen LogP contribution is 2.18. The van der Waals surface area contributed by atoms with Crippen LogP contribution in [0, 0.1) is 5.21 Å². The number of anilines is 1. The van der Waals surface area contributed by atoms with Crippen molar-refractivity contribution < 1.29 is 10.4 Å². The third kappa shape index (κ3) is 1.81. The Labute approximate surface area is 68.3 Å². The van der Waals surface area contributed by atoms with Crippen LogP contribution in [0.1, 0.15) is 0 Å². The summed E-state index contributed by atoms with van der Waals surface area (Å²) in [6.07, 6.45) is 0. The summed E-state index contributed by atoms with van der Waals surface area (Å²) in [6, 6.07) is 4.27. The van der Waals surface area contributed by atoms with Gasteiger partial charge in [-0.25, -0.2) is 5.21 Å². The standard InChI is InChI=1S/C6H7ClN2O2/c7-4-1-2-6(9(10)11)5(8)3-4/h1-3,9-10H,8H2. The van der Waals surface area contributed by atoms with Gasteiger partial charge in [-0.15, -0.1) is 0 Å². The zero-order valence-corrected chi connectivity index (χ0v) is 6.30. The van der Waals surface area contributed by atoms with Crippen LogP contribution in [0.3, 0.4) is 0 Å². The van der Waals surface area contributed by atoms with Crippen molar-refractivity contribution in [3.8, 4) is 0 Å². The molecule has 0 aromatic heterocycles. The summed E-state index contributed by atoms with van der Waals surface area (Å²) in [6.45, 7) is 0. The minimum atomic E-state index is -1.04. The maximum absolute atomic E-state index is 10.4. The van der Waals surface area contributed by atoms with Gasteiger partial charge < -0.3 is 10.9 Å². The second-order valence-electron chi connectivity index (χ2n) is 2.04. The summed E-state index contributed by atoms with van der Waals surface area (Å²) in [5.74, 6) is 0. The minimum Gasteiger partial charge on any atom is -0.595 e. The number of hydrogen-bond donors (Lipinski definition) is 3. The van der Waals surface area contributed by atoms with E-state index in [2.05, 4.69) is 0 Å². The van der Waals surface area contributed by atoms with Gasteiger partial charge in [0.2, 0.25) is 0 Å². The van der Waals surface area contributed by atoms with Crippen molar-refractivity contribution in [2.24, 2.45) is 0 Å². The molecule has 1 aromatic carbocycles. The first-order chi connectivity index (χ1) is 5.11. The monoisotopic (exact) mass is 174 g/mol. The van der Waals surface area contributed by atoms with Gasteiger partial charge in [-0.1, -0.05) is 11.6 Å². The van der Waals surface area contributed by atoms with Crippen LogP contribution in [0.2, 0.25) is 5.02 Å². The Balaban J connectivity index is 3.09. The predicted molar refractivity (Wildman–Crippen MR) is 41.6 cm³/mol. The first-order valence-corrected chi connectivity index (χ1v) is 3.27. The van der Waals surface area contributed by atoms with E-state index in [-0.39, 0.29) is 11.4 Å². The van der Waals surface area contributed by atoms with Gasteiger partial charge >= 0.3 is 0 Å². The number of nitrogens with one attached hydrogen (secondary N) is 1. The molecule has 0 saturated heterocycles. The zero-order chi connectivity index (χ0) is 8.43. The van der Waals surface area contributed by atoms with Crippen LogP contribution >= 0.6 is 11.6 Å². The topological polar surface area (TPSA) is 73.8 Å². The molecule has 0 radical (unpaired) electrons. The van der Waals surface area contributed by atoms with Crippen LogP contribution in [0.5, 0.6) is 0 Å². The smallest absolute Gasteiger partial charge is 0.187 e. The van der Waals surface area contributed by atoms with E-state index in [4.69, 9.17) is 22.5 Å². The molecule has 11 heavy (non-hydrogen) atoms. The number of rotatable bonds is 1. The highest BCUT2D eigenvalue weighted by Gasteiger charge is 2.04. The lowest BCUT2D eigenvalue weighted by Gasteiger charge is -2.12. The van der Waals surface area contributed by atoms with Crippen LogP contribution in [0.25, 0.3) is 0 Å². The summed E-state index contributed by atoms with van der Waals surface area (Å²) >= 11 is 5.55. The molecule has 4 nitrogen and oxygen atoms in total. The SMILES string of the molecule is Nc1cc(Cl)ccc1[NH+]([O-])O. The average Bonchev–Trinajstić information content (AvgIpc) is 1.85. The van der Waals surface area contributed by atoms with Gasteiger partial charge in [0, 0.05) is 11.1 Å². The number of nitrogens with two attached hydrogens (primary N) is 1. The molecule has 1 rings (SSSR count). The lowest BCUT2D eigenvalue weighted by atomic mass is 10.3. The number of hydrogen-bond acceptors (Lipinski definition) is 3. The molecule has 0 aliphatic rings. The fourth-order valence-electron chi connectivity index (χ4n) is 0.728. The Morgan fingerprint density at radius 2 is 2.18 bits per heavy atom. The molecule has 1 aromatic rings. The molecule has 0 saturated carbocycles. The average molecular weight is 175 g/mol. The molecule has 0 spiro atoms. The number of nitrogen functional groups attached to an aromatic ring is 1. The highest BCUT2D eigenvalue weighted by molar-refractivity contribution is 6.30. The van der Waals surface area contributed by atoms with Gasteiger partial charge in [0.15, 0.2) is 5.69 Å². The fraction of sp³-hybridized carbons (Fsp3) is 0. The molecule has 1 atom stereocenters. The van der Waals surface area contributed by atoms with Gasteiger partial charge in [0.25, 0.3) is 0 Å². The molecule has 0 aliphatic heterocycles. The van der Waals surface area contributed by atoms with E-state index in [9.17, 15) is 5.21 Å². The maximum Gasteiger partial charge on any atom is 0.187 e. The Kier molecular flexibility index (Phi) is 2.31. The molecule has 0 aliphatic carbocycles. The van der Waals surface area contributed by atoms with Crippen molar-refractivity contribution in [2.45, 2.75) is 0 Å². The summed E-state index contributed by atoms with van der Waals surface area (Å²) in [5.41, 5.74) is 5.62. The molecule has 5 heteroatoms. The van der Waals surface area contributed by atoms with E-state index < -0.39 is 5.23 Å². The first kappa shape index (κ1) is 8.29. The van der Waals surface area contributed by atoms with Crippen LogP contribution in [0.4, 0.5) is 11.4 Å². The van der Waals surface area contributed by atoms with Crippen molar-refractivity contribution in [1.82, 2.24) is 0 Å². The fourth-order valence-corrected chi connectivity index (χ4v) is 0.909. The molecule has 0 fully saturated rings.